The number of amides is 12. The molecule has 0 saturated carbocycles. The van der Waals surface area contributed by atoms with E-state index in [1.54, 1.807) is 72.8 Å². The first kappa shape index (κ1) is 78.6. The molecule has 10 aromatic rings. The van der Waals surface area contributed by atoms with Crippen LogP contribution in [0.4, 0.5) is 34.1 Å². The van der Waals surface area contributed by atoms with Crippen LogP contribution < -0.4 is 57.8 Å². The van der Waals surface area contributed by atoms with Crippen molar-refractivity contribution in [3.8, 4) is 34.5 Å². The smallest absolute Gasteiger partial charge is 0.343 e. The maximum Gasteiger partial charge on any atom is 0.343 e. The van der Waals surface area contributed by atoms with E-state index in [0.29, 0.717) is 17.1 Å². The van der Waals surface area contributed by atoms with Gasteiger partial charge in [-0.05, 0) is 199 Å². The highest BCUT2D eigenvalue weighted by Crippen LogP contribution is 2.37. The van der Waals surface area contributed by atoms with Crippen LogP contribution in [-0.2, 0) is 57.5 Å². The average Bonchev–Trinajstić information content (AvgIpc) is 1.78. The molecule has 121 heavy (non-hydrogen) atoms. The van der Waals surface area contributed by atoms with Gasteiger partial charge >= 0.3 is 35.8 Å². The molecule has 6 heterocycles. The van der Waals surface area contributed by atoms with Crippen molar-refractivity contribution in [2.75, 3.05) is 29.4 Å². The van der Waals surface area contributed by atoms with Crippen molar-refractivity contribution in [1.29, 1.82) is 0 Å². The number of ether oxygens (including phenoxy) is 6. The van der Waals surface area contributed by atoms with Crippen molar-refractivity contribution in [2.24, 2.45) is 0 Å². The van der Waals surface area contributed by atoms with Crippen molar-refractivity contribution >= 4 is 141 Å². The summed E-state index contributed by atoms with van der Waals surface area (Å²) in [5.74, 6) is -11.2. The Bertz CT molecular complexity index is 5600. The van der Waals surface area contributed by atoms with Crippen LogP contribution in [0.15, 0.2) is 310 Å². The Morgan fingerprint density at radius 2 is 0.306 bits per heavy atom. The van der Waals surface area contributed by atoms with Gasteiger partial charge in [0.2, 0.25) is 0 Å². The second-order valence-electron chi connectivity index (χ2n) is 26.5. The van der Waals surface area contributed by atoms with Gasteiger partial charge in [0.05, 0.1) is 67.5 Å². The van der Waals surface area contributed by atoms with Gasteiger partial charge in [-0.25, -0.2) is 58.2 Å². The van der Waals surface area contributed by atoms with Crippen molar-refractivity contribution in [1.82, 2.24) is 0 Å². The van der Waals surface area contributed by atoms with Gasteiger partial charge < -0.3 is 28.4 Å². The van der Waals surface area contributed by atoms with Crippen LogP contribution in [0.2, 0.25) is 0 Å². The van der Waals surface area contributed by atoms with Gasteiger partial charge in [0, 0.05) is 97.0 Å². The topological polar surface area (TPSA) is 382 Å². The third kappa shape index (κ3) is 17.0. The molecule has 0 aromatic heterocycles. The first-order valence-electron chi connectivity index (χ1n) is 36.1. The molecule has 0 fully saturated rings. The fourth-order valence-corrected chi connectivity index (χ4v) is 12.9. The van der Waals surface area contributed by atoms with Crippen molar-refractivity contribution < 1.29 is 115 Å². The number of esters is 6. The standard InChI is InChI=1S/C52H31N3O12.C39H21N3O12/c56-43-25-26-44(57)53(43)37-13-1-34(2-14-37)50(62)65-40-19-7-31(8-20-40)49(32-9-21-41(22-10-32)66-51(63)35-3-15-38(16-4-35)54-45(58)27-28-46(54)59)33-11-23-42(24-12-33)67-52(64)36-5-17-39(18-6-36)55-47(60)29-30-48(55)61;43-31-13-14-32(44)40(31)25-7-1-22(2-8-25)37(49)52-28-19-29(53-38(50)23-3-9-26(10-4-23)41-33(45)15-16-34(41)46)21-30(20-28)54-39(51)24-5-11-27(12-6-24)42-35(47)17-18-36(42)48/h1-30,49H;1-21H. The Morgan fingerprint density at radius 1 is 0.174 bits per heavy atom. The van der Waals surface area contributed by atoms with E-state index >= 15 is 0 Å². The van der Waals surface area contributed by atoms with E-state index in [0.717, 1.165) is 82.5 Å². The zero-order valence-corrected chi connectivity index (χ0v) is 62.0. The number of hydrogen-bond donors (Lipinski definition) is 0. The molecule has 0 saturated heterocycles. The zero-order chi connectivity index (χ0) is 84.9. The third-order valence-electron chi connectivity index (χ3n) is 18.8. The number of anilines is 6. The second-order valence-corrected chi connectivity index (χ2v) is 26.5. The van der Waals surface area contributed by atoms with Crippen molar-refractivity contribution in [3.63, 3.8) is 0 Å². The van der Waals surface area contributed by atoms with Crippen LogP contribution in [0.3, 0.4) is 0 Å². The third-order valence-corrected chi connectivity index (χ3v) is 18.8. The Morgan fingerprint density at radius 3 is 0.446 bits per heavy atom. The number of nitrogens with zero attached hydrogens (tertiary/aromatic N) is 6. The SMILES string of the molecule is O=C(Oc1cc(OC(=O)c2ccc(N3C(=O)C=CC3=O)cc2)cc(OC(=O)c2ccc(N3C(=O)C=CC3=O)cc2)c1)c1ccc(N2C(=O)C=CC2=O)cc1.O=C(Oc1ccc(C(c2ccc(OC(=O)c3ccc(N4C(=O)C=CC4=O)cc3)cc2)c2ccc(OC(=O)c3ccc(N4C(=O)C=CC4=O)cc3)cc2)cc1)c1ccc(N2C(=O)C=CC2=O)cc1. The Balaban J connectivity index is 0.000000193. The van der Waals surface area contributed by atoms with Crippen LogP contribution in [-0.4, -0.2) is 107 Å². The van der Waals surface area contributed by atoms with E-state index in [4.69, 9.17) is 28.4 Å². The van der Waals surface area contributed by atoms with Crippen LogP contribution in [0.5, 0.6) is 34.5 Å². The average molecular weight is 1610 g/mol. The van der Waals surface area contributed by atoms with Gasteiger partial charge in [-0.15, -0.1) is 0 Å². The molecule has 12 amide bonds. The summed E-state index contributed by atoms with van der Waals surface area (Å²) in [5.41, 5.74) is 4.51. The van der Waals surface area contributed by atoms with E-state index in [1.165, 1.54) is 200 Å². The number of imide groups is 6. The predicted molar refractivity (Wildman–Crippen MR) is 425 cm³/mol. The van der Waals surface area contributed by atoms with Gasteiger partial charge in [0.15, 0.2) is 0 Å². The molecule has 6 aliphatic heterocycles. The van der Waals surface area contributed by atoms with Gasteiger partial charge in [0.1, 0.15) is 34.5 Å². The Hall–Kier alpha value is -17.7. The molecule has 0 aliphatic carbocycles. The summed E-state index contributed by atoms with van der Waals surface area (Å²) in [4.78, 5) is 229. The summed E-state index contributed by atoms with van der Waals surface area (Å²) >= 11 is 0. The van der Waals surface area contributed by atoms with E-state index in [-0.39, 0.29) is 84.9 Å². The Labute approximate surface area is 681 Å². The lowest BCUT2D eigenvalue weighted by atomic mass is 9.85. The van der Waals surface area contributed by atoms with Gasteiger partial charge in [-0.2, -0.15) is 0 Å². The first-order chi connectivity index (χ1) is 58.3. The molecule has 0 radical (unpaired) electrons. The molecule has 16 rings (SSSR count). The lowest BCUT2D eigenvalue weighted by Gasteiger charge is -2.20. The fourth-order valence-electron chi connectivity index (χ4n) is 12.9. The lowest BCUT2D eigenvalue weighted by Crippen LogP contribution is -2.29. The van der Waals surface area contributed by atoms with E-state index in [1.807, 2.05) is 0 Å². The molecule has 590 valence electrons. The minimum atomic E-state index is -0.897. The molecular weight excluding hydrogens is 1560 g/mol. The number of hydrogen-bond acceptors (Lipinski definition) is 24. The number of carbonyl (C=O) groups excluding carboxylic acids is 18. The van der Waals surface area contributed by atoms with E-state index < -0.39 is 113 Å². The van der Waals surface area contributed by atoms with Crippen LogP contribution >= 0.6 is 0 Å². The summed E-state index contributed by atoms with van der Waals surface area (Å²) in [6.45, 7) is 0. The lowest BCUT2D eigenvalue weighted by molar-refractivity contribution is -0.121. The molecule has 30 nitrogen and oxygen atoms in total. The summed E-state index contributed by atoms with van der Waals surface area (Å²) in [6.07, 6.45) is 13.7. The highest BCUT2D eigenvalue weighted by Gasteiger charge is 2.33. The van der Waals surface area contributed by atoms with Crippen LogP contribution in [0.1, 0.15) is 84.8 Å². The maximum absolute atomic E-state index is 13.1. The summed E-state index contributed by atoms with van der Waals surface area (Å²) in [7, 11) is 0. The van der Waals surface area contributed by atoms with E-state index in [2.05, 4.69) is 0 Å². The first-order valence-corrected chi connectivity index (χ1v) is 36.1. The van der Waals surface area contributed by atoms with E-state index in [9.17, 15) is 86.3 Å². The van der Waals surface area contributed by atoms with Crippen molar-refractivity contribution in [2.45, 2.75) is 5.92 Å². The van der Waals surface area contributed by atoms with Gasteiger partial charge in [-0.3, -0.25) is 57.5 Å². The Kier molecular flexibility index (Phi) is 21.7. The minimum Gasteiger partial charge on any atom is -0.423 e. The molecule has 0 bridgehead atoms. The highest BCUT2D eigenvalue weighted by molar-refractivity contribution is 6.32. The predicted octanol–water partition coefficient (Wildman–Crippen LogP) is 10.4. The summed E-state index contributed by atoms with van der Waals surface area (Å²) in [5, 5.41) is 0. The second kappa shape index (κ2) is 33.4. The normalized spacial score (nSPS) is 14.5. The number of rotatable bonds is 21. The molecule has 0 unspecified atom stereocenters. The minimum absolute atomic E-state index is 0.0160. The highest BCUT2D eigenvalue weighted by atomic mass is 16.6. The maximum atomic E-state index is 13.1. The van der Waals surface area contributed by atoms with Gasteiger partial charge in [0.25, 0.3) is 70.9 Å². The quantitative estimate of drug-likeness (QED) is 0.0279. The zero-order valence-electron chi connectivity index (χ0n) is 62.0. The molecule has 10 aromatic carbocycles. The largest absolute Gasteiger partial charge is 0.423 e. The van der Waals surface area contributed by atoms with Crippen LogP contribution in [0.25, 0.3) is 0 Å². The fraction of sp³-hybridized carbons (Fsp3) is 0.0110. The van der Waals surface area contributed by atoms with Crippen LogP contribution in [0, 0.1) is 0 Å². The number of benzene rings is 10. The summed E-state index contributed by atoms with van der Waals surface area (Å²) in [6, 6.07) is 57.8. The number of carbonyl (C=O) groups is 18. The van der Waals surface area contributed by atoms with Gasteiger partial charge in [-0.1, -0.05) is 36.4 Å². The molecule has 0 atom stereocenters. The monoisotopic (exact) mass is 1610 g/mol. The molecule has 30 heteroatoms. The molecule has 6 aliphatic rings. The van der Waals surface area contributed by atoms with Crippen molar-refractivity contribution in [3.05, 3.63) is 360 Å². The molecule has 0 N–H and O–H groups in total. The summed E-state index contributed by atoms with van der Waals surface area (Å²) < 4.78 is 33.5. The molecule has 0 spiro atoms. The molecular formula is C91H52N6O24.